The number of nitrogens with zero attached hydrogens (tertiary/aromatic N) is 1. The Bertz CT molecular complexity index is 798. The summed E-state index contributed by atoms with van der Waals surface area (Å²) in [7, 11) is 0. The minimum absolute atomic E-state index is 0.0330. The molecule has 2 aromatic rings. The Kier molecular flexibility index (Phi) is 5.51. The lowest BCUT2D eigenvalue weighted by atomic mass is 9.97. The lowest BCUT2D eigenvalue weighted by Crippen LogP contribution is -2.43. The molecule has 0 aliphatic carbocycles. The van der Waals surface area contributed by atoms with Crippen molar-refractivity contribution >= 4 is 11.8 Å². The number of rotatable bonds is 5. The first-order chi connectivity index (χ1) is 12.6. The fourth-order valence-electron chi connectivity index (χ4n) is 3.23. The zero-order chi connectivity index (χ0) is 18.5. The minimum atomic E-state index is -0.292. The molecule has 1 aliphatic rings. The molecule has 1 saturated heterocycles. The van der Waals surface area contributed by atoms with E-state index in [4.69, 9.17) is 0 Å². The van der Waals surface area contributed by atoms with Crippen LogP contribution in [0.25, 0.3) is 11.3 Å². The molecule has 1 atom stereocenters. The minimum Gasteiger partial charge on any atom is -0.360 e. The molecule has 1 aliphatic heterocycles. The second-order valence-corrected chi connectivity index (χ2v) is 6.52. The molecule has 26 heavy (non-hydrogen) atoms. The maximum Gasteiger partial charge on any atom is 0.255 e. The van der Waals surface area contributed by atoms with Gasteiger partial charge < -0.3 is 15.2 Å². The Hall–Kier alpha value is -2.89. The molecule has 2 amide bonds. The van der Waals surface area contributed by atoms with Gasteiger partial charge in [0.25, 0.3) is 5.91 Å². The highest BCUT2D eigenvalue weighted by Crippen LogP contribution is 2.22. The second-order valence-electron chi connectivity index (χ2n) is 6.52. The summed E-state index contributed by atoms with van der Waals surface area (Å²) in [5, 5.41) is 2.80. The van der Waals surface area contributed by atoms with Gasteiger partial charge in [-0.3, -0.25) is 9.59 Å². The molecule has 1 aromatic heterocycles. The first-order valence-electron chi connectivity index (χ1n) is 8.70. The number of hydrogen-bond donors (Lipinski definition) is 2. The molecule has 0 spiro atoms. The number of H-pyrrole nitrogens is 1. The average Bonchev–Trinajstić information content (AvgIpc) is 3.16. The SMILES string of the molecule is C=CC(=O)NC[C@H]1CCCN(C(=O)c2c[nH]c(-c3ccc(F)cc3)c2)C1. The third-order valence-corrected chi connectivity index (χ3v) is 4.64. The van der Waals surface area contributed by atoms with Crippen LogP contribution in [0.15, 0.2) is 49.2 Å². The van der Waals surface area contributed by atoms with Crippen LogP contribution in [0.1, 0.15) is 23.2 Å². The van der Waals surface area contributed by atoms with E-state index in [0.29, 0.717) is 25.2 Å². The van der Waals surface area contributed by atoms with Gasteiger partial charge in [0.2, 0.25) is 5.91 Å². The third kappa shape index (κ3) is 4.20. The summed E-state index contributed by atoms with van der Waals surface area (Å²) < 4.78 is 13.0. The van der Waals surface area contributed by atoms with Crippen LogP contribution < -0.4 is 5.32 Å². The number of carbonyl (C=O) groups is 2. The molecule has 136 valence electrons. The van der Waals surface area contributed by atoms with Crippen LogP contribution in [0, 0.1) is 11.7 Å². The smallest absolute Gasteiger partial charge is 0.255 e. The third-order valence-electron chi connectivity index (χ3n) is 4.64. The number of aromatic nitrogens is 1. The molecular weight excluding hydrogens is 333 g/mol. The van der Waals surface area contributed by atoms with E-state index >= 15 is 0 Å². The van der Waals surface area contributed by atoms with E-state index in [-0.39, 0.29) is 23.5 Å². The van der Waals surface area contributed by atoms with Crippen molar-refractivity contribution in [1.29, 1.82) is 0 Å². The van der Waals surface area contributed by atoms with Crippen molar-refractivity contribution < 1.29 is 14.0 Å². The van der Waals surface area contributed by atoms with Crippen LogP contribution in [0.4, 0.5) is 4.39 Å². The van der Waals surface area contributed by atoms with Crippen LogP contribution in [-0.2, 0) is 4.79 Å². The molecule has 5 nitrogen and oxygen atoms in total. The largest absolute Gasteiger partial charge is 0.360 e. The molecular formula is C20H22FN3O2. The van der Waals surface area contributed by atoms with E-state index in [1.54, 1.807) is 24.4 Å². The van der Waals surface area contributed by atoms with Crippen LogP contribution in [-0.4, -0.2) is 41.3 Å². The van der Waals surface area contributed by atoms with E-state index in [2.05, 4.69) is 16.9 Å². The topological polar surface area (TPSA) is 65.2 Å². The highest BCUT2D eigenvalue weighted by molar-refractivity contribution is 5.95. The maximum absolute atomic E-state index is 13.0. The number of halogens is 1. The number of nitrogens with one attached hydrogen (secondary N) is 2. The Morgan fingerprint density at radius 3 is 2.85 bits per heavy atom. The predicted molar refractivity (Wildman–Crippen MR) is 98.0 cm³/mol. The van der Waals surface area contributed by atoms with Gasteiger partial charge in [0.05, 0.1) is 5.56 Å². The Balaban J connectivity index is 1.64. The molecule has 2 heterocycles. The molecule has 0 unspecified atom stereocenters. The number of aromatic amines is 1. The Labute approximate surface area is 151 Å². The lowest BCUT2D eigenvalue weighted by molar-refractivity contribution is -0.116. The maximum atomic E-state index is 13.0. The average molecular weight is 355 g/mol. The first kappa shape index (κ1) is 17.9. The normalized spacial score (nSPS) is 17.0. The highest BCUT2D eigenvalue weighted by atomic mass is 19.1. The summed E-state index contributed by atoms with van der Waals surface area (Å²) in [4.78, 5) is 29.0. The van der Waals surface area contributed by atoms with Gasteiger partial charge >= 0.3 is 0 Å². The molecule has 0 radical (unpaired) electrons. The highest BCUT2D eigenvalue weighted by Gasteiger charge is 2.25. The van der Waals surface area contributed by atoms with Crippen LogP contribution in [0.2, 0.25) is 0 Å². The van der Waals surface area contributed by atoms with E-state index < -0.39 is 0 Å². The summed E-state index contributed by atoms with van der Waals surface area (Å²) in [6.07, 6.45) is 4.83. The van der Waals surface area contributed by atoms with Crippen LogP contribution >= 0.6 is 0 Å². The van der Waals surface area contributed by atoms with Crippen molar-refractivity contribution in [3.8, 4) is 11.3 Å². The summed E-state index contributed by atoms with van der Waals surface area (Å²) in [6.45, 7) is 5.31. The molecule has 1 fully saturated rings. The lowest BCUT2D eigenvalue weighted by Gasteiger charge is -2.32. The molecule has 3 rings (SSSR count). The monoisotopic (exact) mass is 355 g/mol. The van der Waals surface area contributed by atoms with Gasteiger partial charge in [0.15, 0.2) is 0 Å². The van der Waals surface area contributed by atoms with Gasteiger partial charge in [-0.1, -0.05) is 6.58 Å². The number of amides is 2. The van der Waals surface area contributed by atoms with Crippen molar-refractivity contribution in [1.82, 2.24) is 15.2 Å². The number of carbonyl (C=O) groups excluding carboxylic acids is 2. The zero-order valence-corrected chi connectivity index (χ0v) is 14.5. The number of benzene rings is 1. The van der Waals surface area contributed by atoms with Gasteiger partial charge in [0.1, 0.15) is 5.82 Å². The fourth-order valence-corrected chi connectivity index (χ4v) is 3.23. The first-order valence-corrected chi connectivity index (χ1v) is 8.70. The fraction of sp³-hybridized carbons (Fsp3) is 0.300. The summed E-state index contributed by atoms with van der Waals surface area (Å²) in [5.74, 6) is -0.274. The quantitative estimate of drug-likeness (QED) is 0.810. The van der Waals surface area contributed by atoms with Crippen molar-refractivity contribution in [2.24, 2.45) is 5.92 Å². The predicted octanol–water partition coefficient (Wildman–Crippen LogP) is 2.98. The molecule has 0 saturated carbocycles. The van der Waals surface area contributed by atoms with E-state index in [1.165, 1.54) is 18.2 Å². The van der Waals surface area contributed by atoms with Crippen molar-refractivity contribution in [3.05, 3.63) is 60.6 Å². The van der Waals surface area contributed by atoms with Crippen LogP contribution in [0.3, 0.4) is 0 Å². The number of hydrogen-bond acceptors (Lipinski definition) is 2. The van der Waals surface area contributed by atoms with E-state index in [1.807, 2.05) is 4.90 Å². The Morgan fingerprint density at radius 1 is 1.35 bits per heavy atom. The van der Waals surface area contributed by atoms with Gasteiger partial charge in [-0.2, -0.15) is 0 Å². The molecule has 6 heteroatoms. The summed E-state index contributed by atoms with van der Waals surface area (Å²) >= 11 is 0. The second kappa shape index (κ2) is 7.99. The van der Waals surface area contributed by atoms with Crippen molar-refractivity contribution in [2.75, 3.05) is 19.6 Å². The summed E-state index contributed by atoms with van der Waals surface area (Å²) in [6, 6.07) is 7.93. The van der Waals surface area contributed by atoms with Gasteiger partial charge in [0, 0.05) is 31.5 Å². The van der Waals surface area contributed by atoms with Gasteiger partial charge in [-0.25, -0.2) is 4.39 Å². The standard InChI is InChI=1S/C20H22FN3O2/c1-2-19(25)23-11-14-4-3-9-24(13-14)20(26)16-10-18(22-12-16)15-5-7-17(21)8-6-15/h2,5-8,10,12,14,22H,1,3-4,9,11,13H2,(H,23,25)/t14-/m1/s1. The molecule has 2 N–H and O–H groups in total. The van der Waals surface area contributed by atoms with E-state index in [0.717, 1.165) is 24.1 Å². The molecule has 1 aromatic carbocycles. The summed E-state index contributed by atoms with van der Waals surface area (Å²) in [5.41, 5.74) is 2.19. The molecule has 0 bridgehead atoms. The van der Waals surface area contributed by atoms with Gasteiger partial charge in [-0.05, 0) is 60.7 Å². The van der Waals surface area contributed by atoms with Crippen molar-refractivity contribution in [3.63, 3.8) is 0 Å². The van der Waals surface area contributed by atoms with Gasteiger partial charge in [-0.15, -0.1) is 0 Å². The van der Waals surface area contributed by atoms with Crippen LogP contribution in [0.5, 0.6) is 0 Å². The number of likely N-dealkylation sites (tertiary alicyclic amines) is 1. The zero-order valence-electron chi connectivity index (χ0n) is 14.5. The Morgan fingerprint density at radius 2 is 2.12 bits per heavy atom. The number of piperidine rings is 1. The van der Waals surface area contributed by atoms with E-state index in [9.17, 15) is 14.0 Å². The van der Waals surface area contributed by atoms with Crippen molar-refractivity contribution in [2.45, 2.75) is 12.8 Å².